The summed E-state index contributed by atoms with van der Waals surface area (Å²) < 4.78 is 19.0. The van der Waals surface area contributed by atoms with Gasteiger partial charge in [0.1, 0.15) is 11.5 Å². The first kappa shape index (κ1) is 29.3. The number of fused-ring (bicyclic) bond motifs is 1. The average molecular weight is 586 g/mol. The second-order valence-electron chi connectivity index (χ2n) is 11.9. The second kappa shape index (κ2) is 12.9. The first-order valence-electron chi connectivity index (χ1n) is 15.3. The molecule has 228 valence electrons. The molecule has 4 aromatic rings. The second-order valence-corrected chi connectivity index (χ2v) is 11.9. The van der Waals surface area contributed by atoms with Crippen LogP contribution in [-0.2, 0) is 11.8 Å². The van der Waals surface area contributed by atoms with Gasteiger partial charge in [-0.15, -0.1) is 0 Å². The van der Waals surface area contributed by atoms with Crippen molar-refractivity contribution in [2.45, 2.75) is 44.9 Å². The summed E-state index contributed by atoms with van der Waals surface area (Å²) in [5, 5.41) is 4.30. The highest BCUT2D eigenvalue weighted by molar-refractivity contribution is 5.82. The van der Waals surface area contributed by atoms with E-state index in [9.17, 15) is 0 Å². The van der Waals surface area contributed by atoms with Gasteiger partial charge in [-0.1, -0.05) is 0 Å². The van der Waals surface area contributed by atoms with Crippen molar-refractivity contribution in [3.63, 3.8) is 0 Å². The zero-order valence-electron chi connectivity index (χ0n) is 25.9. The summed E-state index contributed by atoms with van der Waals surface area (Å²) in [5.41, 5.74) is 5.52. The summed E-state index contributed by atoms with van der Waals surface area (Å²) in [4.78, 5) is 17.2. The van der Waals surface area contributed by atoms with Crippen LogP contribution < -0.4 is 14.4 Å². The third-order valence-corrected chi connectivity index (χ3v) is 8.55. The van der Waals surface area contributed by atoms with Crippen molar-refractivity contribution in [2.75, 3.05) is 58.4 Å². The summed E-state index contributed by atoms with van der Waals surface area (Å²) in [6, 6.07) is 12.9. The Labute approximate surface area is 254 Å². The van der Waals surface area contributed by atoms with Crippen molar-refractivity contribution < 1.29 is 14.2 Å². The van der Waals surface area contributed by atoms with E-state index in [1.54, 1.807) is 18.9 Å². The highest BCUT2D eigenvalue weighted by Gasteiger charge is 2.32. The van der Waals surface area contributed by atoms with E-state index in [1.165, 1.54) is 6.42 Å². The molecular formula is C33H43N7O3. The minimum absolute atomic E-state index is 0.304. The number of benzene rings is 2. The van der Waals surface area contributed by atoms with E-state index in [1.807, 2.05) is 37.8 Å². The van der Waals surface area contributed by atoms with E-state index in [2.05, 4.69) is 62.9 Å². The third kappa shape index (κ3) is 6.76. The van der Waals surface area contributed by atoms with Crippen LogP contribution in [0, 0.1) is 0 Å². The third-order valence-electron chi connectivity index (χ3n) is 8.55. The van der Waals surface area contributed by atoms with Crippen molar-refractivity contribution in [1.29, 1.82) is 0 Å². The van der Waals surface area contributed by atoms with Gasteiger partial charge >= 0.3 is 0 Å². The number of ether oxygens (including phenoxy) is 3. The highest BCUT2D eigenvalue weighted by atomic mass is 16.5. The molecule has 6 rings (SSSR count). The zero-order valence-corrected chi connectivity index (χ0v) is 25.9. The van der Waals surface area contributed by atoms with Crippen LogP contribution in [0.1, 0.15) is 26.7 Å². The molecule has 1 unspecified atom stereocenters. The number of aryl methyl sites for hydroxylation is 1. The SMILES string of the molecule is COc1cc(OC)cc(N(CCCN2CCC(N3C[C@@H](C)O[C@H](C)C3)C2)c2ccc3ncc(-c4cnn(C)c4)nc3c2)c1. The fourth-order valence-corrected chi connectivity index (χ4v) is 6.50. The first-order chi connectivity index (χ1) is 20.9. The number of anilines is 2. The first-order valence-corrected chi connectivity index (χ1v) is 15.3. The van der Waals surface area contributed by atoms with Crippen molar-refractivity contribution in [1.82, 2.24) is 29.5 Å². The fourth-order valence-electron chi connectivity index (χ4n) is 6.50. The molecule has 43 heavy (non-hydrogen) atoms. The van der Waals surface area contributed by atoms with Gasteiger partial charge < -0.3 is 24.0 Å². The molecule has 0 amide bonds. The van der Waals surface area contributed by atoms with Gasteiger partial charge in [-0.05, 0) is 58.0 Å². The Balaban J connectivity index is 1.22. The molecule has 0 bridgehead atoms. The number of methoxy groups -OCH3 is 2. The lowest BCUT2D eigenvalue weighted by molar-refractivity contribution is -0.0790. The van der Waals surface area contributed by atoms with Gasteiger partial charge in [0.05, 0.1) is 55.5 Å². The predicted molar refractivity (Wildman–Crippen MR) is 169 cm³/mol. The molecule has 10 heteroatoms. The molecule has 0 aliphatic carbocycles. The summed E-state index contributed by atoms with van der Waals surface area (Å²) >= 11 is 0. The highest BCUT2D eigenvalue weighted by Crippen LogP contribution is 2.34. The van der Waals surface area contributed by atoms with Crippen LogP contribution in [0.3, 0.4) is 0 Å². The van der Waals surface area contributed by atoms with Gasteiger partial charge in [0.25, 0.3) is 0 Å². The van der Waals surface area contributed by atoms with Gasteiger partial charge in [0.2, 0.25) is 0 Å². The monoisotopic (exact) mass is 585 g/mol. The van der Waals surface area contributed by atoms with E-state index in [-0.39, 0.29) is 0 Å². The average Bonchev–Trinajstić information content (AvgIpc) is 3.67. The molecule has 10 nitrogen and oxygen atoms in total. The van der Waals surface area contributed by atoms with Crippen LogP contribution in [0.15, 0.2) is 55.0 Å². The molecule has 2 saturated heterocycles. The van der Waals surface area contributed by atoms with Crippen LogP contribution in [0.25, 0.3) is 22.3 Å². The molecule has 3 atom stereocenters. The van der Waals surface area contributed by atoms with Crippen molar-refractivity contribution in [3.8, 4) is 22.8 Å². The van der Waals surface area contributed by atoms with E-state index >= 15 is 0 Å². The largest absolute Gasteiger partial charge is 0.497 e. The van der Waals surface area contributed by atoms with Crippen molar-refractivity contribution in [3.05, 3.63) is 55.0 Å². The van der Waals surface area contributed by atoms with Gasteiger partial charge in [-0.3, -0.25) is 14.6 Å². The predicted octanol–water partition coefficient (Wildman–Crippen LogP) is 4.76. The minimum atomic E-state index is 0.304. The number of hydrogen-bond donors (Lipinski definition) is 0. The lowest BCUT2D eigenvalue weighted by Crippen LogP contribution is -2.50. The molecule has 0 radical (unpaired) electrons. The topological polar surface area (TPSA) is 81.0 Å². The molecule has 0 spiro atoms. The van der Waals surface area contributed by atoms with E-state index in [4.69, 9.17) is 19.2 Å². The van der Waals surface area contributed by atoms with Gasteiger partial charge in [-0.25, -0.2) is 4.98 Å². The molecule has 0 N–H and O–H groups in total. The molecule has 2 aliphatic rings. The van der Waals surface area contributed by atoms with E-state index < -0.39 is 0 Å². The number of nitrogens with zero attached hydrogens (tertiary/aromatic N) is 7. The van der Waals surface area contributed by atoms with E-state index in [0.29, 0.717) is 18.2 Å². The Morgan fingerprint density at radius 3 is 2.40 bits per heavy atom. The standard InChI is InChI=1S/C33H43N7O3/c1-23-19-39(20-24(2)43-23)27-9-12-38(22-27)10-6-11-40(28-13-29(41-4)16-30(14-28)42-5)26-7-8-31-32(15-26)36-33(18-34-31)25-17-35-37(3)21-25/h7-8,13-18,21,23-24,27H,6,9-12,19-20,22H2,1-5H3/t23-,24-,27?/m1/s1. The summed E-state index contributed by atoms with van der Waals surface area (Å²) in [7, 11) is 5.28. The van der Waals surface area contributed by atoms with Gasteiger partial charge in [-0.2, -0.15) is 5.10 Å². The van der Waals surface area contributed by atoms with Crippen LogP contribution in [-0.4, -0.2) is 101 Å². The Bertz CT molecular complexity index is 1510. The molecule has 2 aromatic carbocycles. The Kier molecular flexibility index (Phi) is 8.78. The quantitative estimate of drug-likeness (QED) is 0.262. The zero-order chi connectivity index (χ0) is 29.9. The van der Waals surface area contributed by atoms with Crippen LogP contribution in [0.2, 0.25) is 0 Å². The van der Waals surface area contributed by atoms with Crippen LogP contribution >= 0.6 is 0 Å². The summed E-state index contributed by atoms with van der Waals surface area (Å²) in [6.07, 6.45) is 8.43. The lowest BCUT2D eigenvalue weighted by atomic mass is 10.1. The Morgan fingerprint density at radius 1 is 0.930 bits per heavy atom. The Hall–Kier alpha value is -3.73. The summed E-state index contributed by atoms with van der Waals surface area (Å²) in [5.74, 6) is 1.52. The Morgan fingerprint density at radius 2 is 1.70 bits per heavy atom. The van der Waals surface area contributed by atoms with E-state index in [0.717, 1.165) is 90.9 Å². The number of morpholine rings is 1. The van der Waals surface area contributed by atoms with Crippen LogP contribution in [0.5, 0.6) is 11.5 Å². The maximum Gasteiger partial charge on any atom is 0.124 e. The number of hydrogen-bond acceptors (Lipinski definition) is 9. The number of likely N-dealkylation sites (tertiary alicyclic amines) is 1. The molecule has 2 aromatic heterocycles. The van der Waals surface area contributed by atoms with Crippen molar-refractivity contribution in [2.24, 2.45) is 7.05 Å². The number of rotatable bonds is 10. The van der Waals surface area contributed by atoms with Gasteiger partial charge in [0.15, 0.2) is 0 Å². The smallest absolute Gasteiger partial charge is 0.124 e. The minimum Gasteiger partial charge on any atom is -0.497 e. The number of aromatic nitrogens is 4. The maximum atomic E-state index is 5.98. The fraction of sp³-hybridized carbons (Fsp3) is 0.485. The molecule has 2 aliphatic heterocycles. The van der Waals surface area contributed by atoms with Crippen LogP contribution in [0.4, 0.5) is 11.4 Å². The van der Waals surface area contributed by atoms with Gasteiger partial charge in [0, 0.05) is 80.6 Å². The molecule has 2 fully saturated rings. The van der Waals surface area contributed by atoms with Crippen molar-refractivity contribution >= 4 is 22.4 Å². The lowest BCUT2D eigenvalue weighted by Gasteiger charge is -2.39. The molecule has 0 saturated carbocycles. The maximum absolute atomic E-state index is 5.98. The molecule has 4 heterocycles. The molecular weight excluding hydrogens is 542 g/mol. The summed E-state index contributed by atoms with van der Waals surface area (Å²) in [6.45, 7) is 10.6. The normalized spacial score (nSPS) is 21.4.